The molecular formula is C26H27GaN3O2Zr. The number of nitrogens with one attached hydrogen (secondary N) is 1. The number of rotatable bonds is 3. The summed E-state index contributed by atoms with van der Waals surface area (Å²) < 4.78 is 1.47. The number of carbonyl (C=O) groups is 1. The SMILES string of the molecule is C1=C[CH]([Zr][CH]2C=Cc3ccccc32)c2ccccc21.O=C(O)C1CCN2CCCN=C2N1.[Ga]. The van der Waals surface area contributed by atoms with Crippen molar-refractivity contribution in [2.24, 2.45) is 4.99 Å². The Labute approximate surface area is 219 Å². The average molecular weight is 574 g/mol. The van der Waals surface area contributed by atoms with E-state index >= 15 is 0 Å². The molecule has 3 atom stereocenters. The minimum atomic E-state index is -0.784. The molecule has 165 valence electrons. The maximum absolute atomic E-state index is 10.7. The molecule has 0 amide bonds. The first-order chi connectivity index (χ1) is 15.7. The van der Waals surface area contributed by atoms with E-state index in [-0.39, 0.29) is 19.8 Å². The van der Waals surface area contributed by atoms with Crippen LogP contribution in [0, 0.1) is 0 Å². The summed E-state index contributed by atoms with van der Waals surface area (Å²) in [5.41, 5.74) is 5.99. The molecule has 6 rings (SSSR count). The van der Waals surface area contributed by atoms with Gasteiger partial charge in [0.25, 0.3) is 0 Å². The van der Waals surface area contributed by atoms with E-state index < -0.39 is 35.2 Å². The van der Waals surface area contributed by atoms with E-state index in [0.29, 0.717) is 6.42 Å². The van der Waals surface area contributed by atoms with Crippen molar-refractivity contribution in [1.82, 2.24) is 10.2 Å². The van der Waals surface area contributed by atoms with Crippen LogP contribution in [-0.2, 0) is 28.0 Å². The van der Waals surface area contributed by atoms with E-state index in [1.165, 1.54) is 11.1 Å². The predicted octanol–water partition coefficient (Wildman–Crippen LogP) is 3.72. The Hall–Kier alpha value is -1.82. The molecule has 2 aromatic carbocycles. The van der Waals surface area contributed by atoms with Crippen LogP contribution in [0.4, 0.5) is 0 Å². The van der Waals surface area contributed by atoms with Gasteiger partial charge in [-0.2, -0.15) is 0 Å². The molecule has 0 spiro atoms. The van der Waals surface area contributed by atoms with Crippen LogP contribution in [0.2, 0.25) is 0 Å². The average Bonchev–Trinajstić information content (AvgIpc) is 3.44. The number of guanidine groups is 1. The molecule has 0 saturated carbocycles. The van der Waals surface area contributed by atoms with E-state index in [2.05, 4.69) is 88.0 Å². The summed E-state index contributed by atoms with van der Waals surface area (Å²) in [7, 11) is 0. The number of aliphatic imine (C=N–C) groups is 1. The van der Waals surface area contributed by atoms with Gasteiger partial charge in [0.1, 0.15) is 6.04 Å². The largest absolute Gasteiger partial charge is 0.480 e. The first-order valence-electron chi connectivity index (χ1n) is 11.3. The molecule has 2 N–H and O–H groups in total. The van der Waals surface area contributed by atoms with Gasteiger partial charge in [0, 0.05) is 39.4 Å². The van der Waals surface area contributed by atoms with Crippen LogP contribution >= 0.6 is 0 Å². The van der Waals surface area contributed by atoms with Crippen LogP contribution in [-0.4, -0.2) is 67.4 Å². The van der Waals surface area contributed by atoms with Gasteiger partial charge in [-0.25, -0.2) is 4.79 Å². The summed E-state index contributed by atoms with van der Waals surface area (Å²) in [5.74, 6) is -0.0159. The second-order valence-electron chi connectivity index (χ2n) is 8.47. The Morgan fingerprint density at radius 2 is 1.58 bits per heavy atom. The molecule has 2 aliphatic carbocycles. The number of hydrogen-bond acceptors (Lipinski definition) is 4. The van der Waals surface area contributed by atoms with Crippen LogP contribution in [0.5, 0.6) is 0 Å². The molecule has 3 unspecified atom stereocenters. The minimum Gasteiger partial charge on any atom is -0.480 e. The number of carboxylic acids is 1. The monoisotopic (exact) mass is 572 g/mol. The molecule has 3 radical (unpaired) electrons. The van der Waals surface area contributed by atoms with E-state index in [0.717, 1.165) is 39.3 Å². The van der Waals surface area contributed by atoms with Crippen molar-refractivity contribution in [2.75, 3.05) is 19.6 Å². The molecule has 1 saturated heterocycles. The second-order valence-corrected chi connectivity index (χ2v) is 12.3. The Balaban J connectivity index is 0.000000164. The summed E-state index contributed by atoms with van der Waals surface area (Å²) in [4.78, 5) is 17.1. The Kier molecular flexibility index (Phi) is 8.15. The van der Waals surface area contributed by atoms with Crippen molar-refractivity contribution in [3.63, 3.8) is 0 Å². The number of nitrogens with zero attached hydrogens (tertiary/aromatic N) is 2. The van der Waals surface area contributed by atoms with Gasteiger partial charge < -0.3 is 15.3 Å². The molecule has 0 bridgehead atoms. The first kappa shape index (κ1) is 24.3. The number of fused-ring (bicyclic) bond motifs is 3. The fraction of sp³-hybridized carbons (Fsp3) is 0.308. The van der Waals surface area contributed by atoms with Gasteiger partial charge in [-0.05, 0) is 12.8 Å². The van der Waals surface area contributed by atoms with Crippen molar-refractivity contribution in [1.29, 1.82) is 0 Å². The van der Waals surface area contributed by atoms with E-state index in [1.54, 1.807) is 11.1 Å². The zero-order valence-corrected chi connectivity index (χ0v) is 23.4. The van der Waals surface area contributed by atoms with E-state index in [9.17, 15) is 4.79 Å². The normalized spacial score (nSPS) is 23.6. The van der Waals surface area contributed by atoms with Gasteiger partial charge in [0.2, 0.25) is 0 Å². The van der Waals surface area contributed by atoms with Gasteiger partial charge in [0.05, 0.1) is 0 Å². The molecule has 2 aromatic rings. The summed E-state index contributed by atoms with van der Waals surface area (Å²) in [6.07, 6.45) is 11.2. The van der Waals surface area contributed by atoms with Crippen molar-refractivity contribution < 1.29 is 33.1 Å². The van der Waals surface area contributed by atoms with E-state index in [1.807, 2.05) is 0 Å². The van der Waals surface area contributed by atoms with Crippen LogP contribution in [0.3, 0.4) is 0 Å². The number of aliphatic carboxylic acids is 1. The molecule has 0 aromatic heterocycles. The molecule has 1 fully saturated rings. The number of benzene rings is 2. The van der Waals surface area contributed by atoms with Crippen LogP contribution in [0.25, 0.3) is 12.2 Å². The van der Waals surface area contributed by atoms with Crippen LogP contribution in [0.15, 0.2) is 65.7 Å². The van der Waals surface area contributed by atoms with Crippen LogP contribution in [0.1, 0.15) is 42.3 Å². The third kappa shape index (κ3) is 5.47. The molecular weight excluding hydrogens is 547 g/mol. The topological polar surface area (TPSA) is 64.9 Å². The summed E-state index contributed by atoms with van der Waals surface area (Å²) in [5, 5.41) is 11.7. The van der Waals surface area contributed by atoms with Gasteiger partial charge in [-0.3, -0.25) is 4.99 Å². The zero-order chi connectivity index (χ0) is 21.9. The van der Waals surface area contributed by atoms with Gasteiger partial charge in [0.15, 0.2) is 5.96 Å². The van der Waals surface area contributed by atoms with Crippen molar-refractivity contribution in [3.8, 4) is 0 Å². The quantitative estimate of drug-likeness (QED) is 0.549. The van der Waals surface area contributed by atoms with E-state index in [4.69, 9.17) is 5.11 Å². The third-order valence-electron chi connectivity index (χ3n) is 6.39. The predicted molar refractivity (Wildman–Crippen MR) is 130 cm³/mol. The Morgan fingerprint density at radius 1 is 0.970 bits per heavy atom. The molecule has 4 aliphatic rings. The van der Waals surface area contributed by atoms with Crippen molar-refractivity contribution in [2.45, 2.75) is 26.1 Å². The van der Waals surface area contributed by atoms with Crippen molar-refractivity contribution >= 4 is 43.9 Å². The van der Waals surface area contributed by atoms with Gasteiger partial charge in [-0.15, -0.1) is 0 Å². The summed E-state index contributed by atoms with van der Waals surface area (Å²) in [6.45, 7) is 2.62. The Morgan fingerprint density at radius 3 is 2.18 bits per heavy atom. The molecule has 33 heavy (non-hydrogen) atoms. The maximum Gasteiger partial charge on any atom is 0.326 e. The molecule has 5 nitrogen and oxygen atoms in total. The maximum atomic E-state index is 10.7. The van der Waals surface area contributed by atoms with Crippen LogP contribution < -0.4 is 5.32 Å². The summed E-state index contributed by atoms with van der Waals surface area (Å²) >= 11 is -0.542. The smallest absolute Gasteiger partial charge is 0.326 e. The third-order valence-corrected chi connectivity index (χ3v) is 10.6. The summed E-state index contributed by atoms with van der Waals surface area (Å²) in [6, 6.07) is 17.3. The number of allylic oxidation sites excluding steroid dienone is 2. The van der Waals surface area contributed by atoms with Gasteiger partial charge >= 0.3 is 132 Å². The number of hydrogen-bond donors (Lipinski definition) is 2. The fourth-order valence-corrected chi connectivity index (χ4v) is 8.83. The van der Waals surface area contributed by atoms with Crippen molar-refractivity contribution in [3.05, 3.63) is 82.9 Å². The second kappa shape index (κ2) is 11.1. The molecule has 2 heterocycles. The minimum absolute atomic E-state index is 0. The molecule has 2 aliphatic heterocycles. The fourth-order valence-electron chi connectivity index (χ4n) is 4.69. The van der Waals surface area contributed by atoms with Gasteiger partial charge in [-0.1, -0.05) is 0 Å². The Bertz CT molecular complexity index is 1040. The first-order valence-corrected chi connectivity index (χ1v) is 14.1. The standard InChI is InChI=1S/2C9H7.C8H13N3O2.Ga.Zr/c2*1-2-5-9-7-3-6-8(9)4-1;12-7(13)6-2-5-11-4-1-3-9-8(11)10-6;;/h2*1-7H;6H,1-5H2,(H,9,10)(H,12,13);;. The zero-order valence-electron chi connectivity index (χ0n) is 18.5. The number of carboxylic acid groups (broad SMARTS) is 1. The molecule has 7 heteroatoms.